The van der Waals surface area contributed by atoms with Gasteiger partial charge in [-0.2, -0.15) is 0 Å². The molecule has 0 atom stereocenters. The lowest BCUT2D eigenvalue weighted by Crippen LogP contribution is -2.45. The molecule has 6 nitrogen and oxygen atoms in total. The second-order valence-corrected chi connectivity index (χ2v) is 5.79. The van der Waals surface area contributed by atoms with Crippen LogP contribution in [0.4, 0.5) is 0 Å². The molecular formula is C16H18ClN3O3. The third-order valence-corrected chi connectivity index (χ3v) is 4.41. The van der Waals surface area contributed by atoms with Crippen LogP contribution >= 0.6 is 11.6 Å². The molecule has 122 valence electrons. The van der Waals surface area contributed by atoms with Crippen LogP contribution < -0.4 is 5.32 Å². The van der Waals surface area contributed by atoms with Crippen molar-refractivity contribution in [3.63, 3.8) is 0 Å². The fourth-order valence-electron chi connectivity index (χ4n) is 2.76. The molecule has 23 heavy (non-hydrogen) atoms. The minimum atomic E-state index is -0.352. The minimum absolute atomic E-state index is 0.0450. The number of halogens is 1. The Kier molecular flexibility index (Phi) is 4.54. The molecule has 1 aromatic carbocycles. The van der Waals surface area contributed by atoms with Crippen molar-refractivity contribution in [3.05, 3.63) is 35.0 Å². The third-order valence-electron chi connectivity index (χ3n) is 4.02. The highest BCUT2D eigenvalue weighted by Crippen LogP contribution is 2.29. The van der Waals surface area contributed by atoms with E-state index in [0.717, 1.165) is 10.9 Å². The molecule has 0 spiro atoms. The number of nitrogens with one attached hydrogen (secondary N) is 1. The molecule has 0 radical (unpaired) electrons. The Hall–Kier alpha value is -2.05. The Bertz CT molecular complexity index is 711. The van der Waals surface area contributed by atoms with E-state index in [4.69, 9.17) is 16.3 Å². The van der Waals surface area contributed by atoms with Crippen molar-refractivity contribution < 1.29 is 14.3 Å². The van der Waals surface area contributed by atoms with E-state index in [1.54, 1.807) is 16.5 Å². The summed E-state index contributed by atoms with van der Waals surface area (Å²) in [6.07, 6.45) is 0. The summed E-state index contributed by atoms with van der Waals surface area (Å²) < 4.78 is 6.95. The molecule has 7 heteroatoms. The maximum Gasteiger partial charge on any atom is 0.269 e. The number of morpholine rings is 1. The molecule has 0 aliphatic carbocycles. The van der Waals surface area contributed by atoms with Gasteiger partial charge in [-0.25, -0.2) is 0 Å². The van der Waals surface area contributed by atoms with Gasteiger partial charge in [0.25, 0.3) is 5.91 Å². The number of nitrogens with zero attached hydrogens (tertiary/aromatic N) is 2. The number of carbonyl (C=O) groups excluding carboxylic acids is 2. The van der Waals surface area contributed by atoms with Crippen molar-refractivity contribution in [2.24, 2.45) is 7.05 Å². The lowest BCUT2D eigenvalue weighted by Gasteiger charge is -2.26. The van der Waals surface area contributed by atoms with Crippen LogP contribution in [0.1, 0.15) is 10.5 Å². The first-order valence-corrected chi connectivity index (χ1v) is 7.84. The monoisotopic (exact) mass is 335 g/mol. The Balaban J connectivity index is 1.72. The Morgan fingerprint density at radius 1 is 1.26 bits per heavy atom. The third kappa shape index (κ3) is 3.04. The molecule has 0 saturated carbocycles. The zero-order valence-corrected chi connectivity index (χ0v) is 13.6. The largest absolute Gasteiger partial charge is 0.378 e. The molecule has 1 aliphatic heterocycles. The van der Waals surface area contributed by atoms with Crippen LogP contribution in [0.15, 0.2) is 24.3 Å². The van der Waals surface area contributed by atoms with Crippen molar-refractivity contribution in [1.29, 1.82) is 0 Å². The first-order valence-electron chi connectivity index (χ1n) is 7.46. The van der Waals surface area contributed by atoms with Crippen LogP contribution in [0.25, 0.3) is 10.9 Å². The van der Waals surface area contributed by atoms with E-state index in [1.807, 2.05) is 24.3 Å². The van der Waals surface area contributed by atoms with E-state index in [2.05, 4.69) is 5.32 Å². The van der Waals surface area contributed by atoms with Gasteiger partial charge in [0.05, 0.1) is 24.8 Å². The van der Waals surface area contributed by atoms with Crippen molar-refractivity contribution in [2.75, 3.05) is 32.8 Å². The Morgan fingerprint density at radius 2 is 1.96 bits per heavy atom. The number of hydrogen-bond donors (Lipinski definition) is 1. The molecule has 1 N–H and O–H groups in total. The molecule has 1 aliphatic rings. The van der Waals surface area contributed by atoms with Crippen molar-refractivity contribution in [3.8, 4) is 0 Å². The van der Waals surface area contributed by atoms with Gasteiger partial charge >= 0.3 is 0 Å². The van der Waals surface area contributed by atoms with Crippen LogP contribution in [-0.2, 0) is 16.6 Å². The standard InChI is InChI=1S/C16H18ClN3O3/c1-19-12-5-3-2-4-11(12)14(17)15(19)16(22)18-10-13(21)20-6-8-23-9-7-20/h2-5H,6-10H2,1H3,(H,18,22). The molecule has 2 amide bonds. The second-order valence-electron chi connectivity index (χ2n) is 5.41. The summed E-state index contributed by atoms with van der Waals surface area (Å²) in [4.78, 5) is 26.2. The maximum atomic E-state index is 12.4. The summed E-state index contributed by atoms with van der Waals surface area (Å²) in [7, 11) is 1.78. The minimum Gasteiger partial charge on any atom is -0.378 e. The number of aryl methyl sites for hydroxylation is 1. The normalized spacial score (nSPS) is 15.0. The molecule has 2 heterocycles. The number of amides is 2. The van der Waals surface area contributed by atoms with E-state index in [0.29, 0.717) is 37.0 Å². The Labute approximate surface area is 138 Å². The molecule has 1 saturated heterocycles. The van der Waals surface area contributed by atoms with Gasteiger partial charge in [0, 0.05) is 31.0 Å². The first kappa shape index (κ1) is 15.8. The fourth-order valence-corrected chi connectivity index (χ4v) is 3.14. The summed E-state index contributed by atoms with van der Waals surface area (Å²) >= 11 is 6.33. The fraction of sp³-hybridized carbons (Fsp3) is 0.375. The summed E-state index contributed by atoms with van der Waals surface area (Å²) in [6, 6.07) is 7.53. The van der Waals surface area contributed by atoms with Crippen molar-refractivity contribution in [2.45, 2.75) is 0 Å². The molecule has 2 aromatic rings. The van der Waals surface area contributed by atoms with E-state index in [9.17, 15) is 9.59 Å². The zero-order valence-electron chi connectivity index (χ0n) is 12.8. The maximum absolute atomic E-state index is 12.4. The zero-order chi connectivity index (χ0) is 16.4. The van der Waals surface area contributed by atoms with Gasteiger partial charge in [-0.15, -0.1) is 0 Å². The average Bonchev–Trinajstić information content (AvgIpc) is 2.85. The summed E-state index contributed by atoms with van der Waals surface area (Å²) in [5.41, 5.74) is 1.24. The van der Waals surface area contributed by atoms with Gasteiger partial charge in [0.1, 0.15) is 5.69 Å². The second kappa shape index (κ2) is 6.60. The van der Waals surface area contributed by atoms with E-state index >= 15 is 0 Å². The highest BCUT2D eigenvalue weighted by atomic mass is 35.5. The van der Waals surface area contributed by atoms with Crippen molar-refractivity contribution in [1.82, 2.24) is 14.8 Å². The number of hydrogen-bond acceptors (Lipinski definition) is 3. The first-order chi connectivity index (χ1) is 11.1. The predicted molar refractivity (Wildman–Crippen MR) is 87.7 cm³/mol. The van der Waals surface area contributed by atoms with E-state index in [1.165, 1.54) is 0 Å². The number of carbonyl (C=O) groups is 2. The molecule has 1 fully saturated rings. The predicted octanol–water partition coefficient (Wildman–Crippen LogP) is 1.42. The molecule has 0 bridgehead atoms. The molecule has 1 aromatic heterocycles. The van der Waals surface area contributed by atoms with Gasteiger partial charge in [-0.1, -0.05) is 29.8 Å². The Morgan fingerprint density at radius 3 is 2.65 bits per heavy atom. The van der Waals surface area contributed by atoms with Gasteiger partial charge < -0.3 is 19.5 Å². The van der Waals surface area contributed by atoms with Crippen LogP contribution in [0.3, 0.4) is 0 Å². The van der Waals surface area contributed by atoms with Crippen LogP contribution in [0.5, 0.6) is 0 Å². The highest BCUT2D eigenvalue weighted by Gasteiger charge is 2.22. The number of rotatable bonds is 3. The van der Waals surface area contributed by atoms with Crippen LogP contribution in [0, 0.1) is 0 Å². The topological polar surface area (TPSA) is 63.6 Å². The number of benzene rings is 1. The SMILES string of the molecule is Cn1c(C(=O)NCC(=O)N2CCOCC2)c(Cl)c2ccccc21. The van der Waals surface area contributed by atoms with Crippen LogP contribution in [0.2, 0.25) is 5.02 Å². The molecular weight excluding hydrogens is 318 g/mol. The lowest BCUT2D eigenvalue weighted by molar-refractivity contribution is -0.134. The van der Waals surface area contributed by atoms with Crippen LogP contribution in [-0.4, -0.2) is 54.1 Å². The quantitative estimate of drug-likeness (QED) is 0.922. The van der Waals surface area contributed by atoms with E-state index < -0.39 is 0 Å². The van der Waals surface area contributed by atoms with Gasteiger partial charge in [0.2, 0.25) is 5.91 Å². The van der Waals surface area contributed by atoms with Gasteiger partial charge in [-0.3, -0.25) is 9.59 Å². The number of ether oxygens (including phenoxy) is 1. The van der Waals surface area contributed by atoms with Crippen molar-refractivity contribution >= 4 is 34.3 Å². The summed E-state index contributed by atoms with van der Waals surface area (Å²) in [5, 5.41) is 3.89. The number of para-hydroxylation sites is 1. The van der Waals surface area contributed by atoms with Gasteiger partial charge in [0.15, 0.2) is 0 Å². The van der Waals surface area contributed by atoms with E-state index in [-0.39, 0.29) is 18.4 Å². The molecule has 3 rings (SSSR count). The summed E-state index contributed by atoms with van der Waals surface area (Å²) in [5.74, 6) is -0.466. The smallest absolute Gasteiger partial charge is 0.269 e. The molecule has 0 unspecified atom stereocenters. The highest BCUT2D eigenvalue weighted by molar-refractivity contribution is 6.38. The summed E-state index contributed by atoms with van der Waals surface area (Å²) in [6.45, 7) is 2.15. The van der Waals surface area contributed by atoms with Gasteiger partial charge in [-0.05, 0) is 6.07 Å². The number of aromatic nitrogens is 1. The lowest BCUT2D eigenvalue weighted by atomic mass is 10.2. The average molecular weight is 336 g/mol. The number of fused-ring (bicyclic) bond motifs is 1.